The van der Waals surface area contributed by atoms with Gasteiger partial charge in [0.25, 0.3) is 11.6 Å². The number of carbonyl (C=O) groups is 1. The van der Waals surface area contributed by atoms with Crippen LogP contribution in [0, 0.1) is 10.1 Å². The second-order valence-electron chi connectivity index (χ2n) is 10.2. The number of benzene rings is 1. The Morgan fingerprint density at radius 2 is 1.59 bits per heavy atom. The summed E-state index contributed by atoms with van der Waals surface area (Å²) in [6, 6.07) is 8.09. The maximum Gasteiger partial charge on any atom is 0.304 e. The van der Waals surface area contributed by atoms with Crippen LogP contribution in [0.4, 0.5) is 5.69 Å². The van der Waals surface area contributed by atoms with Crippen molar-refractivity contribution in [3.63, 3.8) is 0 Å². The molecule has 2 atom stereocenters. The molecule has 218 valence electrons. The van der Waals surface area contributed by atoms with Crippen molar-refractivity contribution in [3.8, 4) is 0 Å². The topological polar surface area (TPSA) is 127 Å². The highest BCUT2D eigenvalue weighted by molar-refractivity contribution is 7.88. The van der Waals surface area contributed by atoms with Gasteiger partial charge in [0.15, 0.2) is 0 Å². The predicted octanol–water partition coefficient (Wildman–Crippen LogP) is 6.76. The van der Waals surface area contributed by atoms with Gasteiger partial charge in [-0.3, -0.25) is 19.5 Å². The molecule has 9 nitrogen and oxygen atoms in total. The van der Waals surface area contributed by atoms with E-state index in [9.17, 15) is 27.9 Å². The molecular weight excluding hydrogens is 538 g/mol. The second-order valence-corrected chi connectivity index (χ2v) is 13.0. The maximum absolute atomic E-state index is 13.6. The Balaban J connectivity index is 2.69. The van der Waals surface area contributed by atoms with Crippen molar-refractivity contribution in [3.05, 3.63) is 57.0 Å². The molecule has 1 amide bonds. The third kappa shape index (κ3) is 9.09. The zero-order valence-electron chi connectivity index (χ0n) is 23.6. The smallest absolute Gasteiger partial charge is 0.304 e. The van der Waals surface area contributed by atoms with Crippen molar-refractivity contribution in [2.75, 3.05) is 19.6 Å². The first-order chi connectivity index (χ1) is 18.5. The van der Waals surface area contributed by atoms with E-state index in [1.807, 2.05) is 0 Å². The predicted molar refractivity (Wildman–Crippen MR) is 156 cm³/mol. The Bertz CT molecular complexity index is 1160. The molecule has 0 aliphatic rings. The molecule has 1 aromatic carbocycles. The van der Waals surface area contributed by atoms with Gasteiger partial charge in [-0.25, -0.2) is 0 Å². The van der Waals surface area contributed by atoms with Crippen LogP contribution in [-0.4, -0.2) is 54.0 Å². The molecule has 2 rings (SSSR count). The molecule has 0 radical (unpaired) electrons. The normalized spacial score (nSPS) is 13.7. The van der Waals surface area contributed by atoms with E-state index in [-0.39, 0.29) is 21.5 Å². The van der Waals surface area contributed by atoms with E-state index in [1.165, 1.54) is 24.3 Å². The van der Waals surface area contributed by atoms with Gasteiger partial charge in [0.1, 0.15) is 16.3 Å². The number of non-ortho nitro benzene ring substituents is 1. The van der Waals surface area contributed by atoms with E-state index in [0.29, 0.717) is 4.88 Å². The number of carbonyl (C=O) groups excluding carboxylic acids is 1. The lowest BCUT2D eigenvalue weighted by molar-refractivity contribution is -0.954. The van der Waals surface area contributed by atoms with Gasteiger partial charge in [-0.1, -0.05) is 59.4 Å². The van der Waals surface area contributed by atoms with Crippen LogP contribution in [0.2, 0.25) is 0 Å². The highest BCUT2D eigenvalue weighted by Crippen LogP contribution is 2.37. The Hall–Kier alpha value is -2.34. The zero-order valence-corrected chi connectivity index (χ0v) is 25.2. The van der Waals surface area contributed by atoms with Gasteiger partial charge in [0.05, 0.1) is 24.6 Å². The average Bonchev–Trinajstić information content (AvgIpc) is 3.41. The van der Waals surface area contributed by atoms with Crippen molar-refractivity contribution in [2.45, 2.75) is 95.4 Å². The average molecular weight is 583 g/mol. The molecule has 2 aromatic rings. The first-order valence-electron chi connectivity index (χ1n) is 14.0. The standard InChI is InChI=1S/C28H43N3O6S2/c1-5-9-18-31(19-10-6-2,20-11-7-3)24(13-8-4)27(25-16-17-26(38-25)39(35,36)37)29-28(32)22-14-12-15-23(21-22)30(33)34/h12,14-17,21,24,27H,5-11,13,18-20H2,1-4H3,(H-,29,32,35,36,37)/p+1. The van der Waals surface area contributed by atoms with E-state index in [4.69, 9.17) is 0 Å². The lowest BCUT2D eigenvalue weighted by Gasteiger charge is -2.48. The third-order valence-electron chi connectivity index (χ3n) is 7.31. The molecule has 0 aliphatic heterocycles. The van der Waals surface area contributed by atoms with E-state index < -0.39 is 27.0 Å². The van der Waals surface area contributed by atoms with Gasteiger partial charge >= 0.3 is 10.1 Å². The summed E-state index contributed by atoms with van der Waals surface area (Å²) in [5.74, 6) is -0.453. The summed E-state index contributed by atoms with van der Waals surface area (Å²) in [4.78, 5) is 25.0. The molecule has 1 aromatic heterocycles. The number of hydrogen-bond donors (Lipinski definition) is 2. The number of rotatable bonds is 18. The number of amides is 1. The monoisotopic (exact) mass is 582 g/mol. The fraction of sp³-hybridized carbons (Fsp3) is 0.607. The molecule has 0 spiro atoms. The molecule has 39 heavy (non-hydrogen) atoms. The number of hydrogen-bond acceptors (Lipinski definition) is 6. The van der Waals surface area contributed by atoms with Crippen LogP contribution < -0.4 is 5.32 Å². The van der Waals surface area contributed by atoms with Crippen molar-refractivity contribution in [1.29, 1.82) is 0 Å². The lowest BCUT2D eigenvalue weighted by atomic mass is 9.94. The Kier molecular flexibility index (Phi) is 13.0. The molecular formula is C28H44N3O6S2+. The molecule has 2 N–H and O–H groups in total. The SMILES string of the molecule is CCCC[N+](CCCC)(CCCC)C(CCC)C(NC(=O)c1cccc([N+](=O)[O-])c1)c1ccc(S(=O)(=O)O)s1. The number of nitrogens with one attached hydrogen (secondary N) is 1. The van der Waals surface area contributed by atoms with Gasteiger partial charge in [-0.15, -0.1) is 11.3 Å². The molecule has 0 bridgehead atoms. The van der Waals surface area contributed by atoms with Crippen LogP contribution >= 0.6 is 11.3 Å². The van der Waals surface area contributed by atoms with Gasteiger partial charge in [0, 0.05) is 29.0 Å². The minimum atomic E-state index is -4.40. The van der Waals surface area contributed by atoms with E-state index >= 15 is 0 Å². The van der Waals surface area contributed by atoms with Crippen molar-refractivity contribution >= 4 is 33.0 Å². The fourth-order valence-electron chi connectivity index (χ4n) is 5.29. The number of unbranched alkanes of at least 4 members (excludes halogenated alkanes) is 3. The van der Waals surface area contributed by atoms with Crippen LogP contribution in [-0.2, 0) is 10.1 Å². The first-order valence-corrected chi connectivity index (χ1v) is 16.3. The van der Waals surface area contributed by atoms with Gasteiger partial charge in [0.2, 0.25) is 0 Å². The summed E-state index contributed by atoms with van der Waals surface area (Å²) < 4.78 is 34.2. The minimum Gasteiger partial charge on any atom is -0.339 e. The van der Waals surface area contributed by atoms with Crippen LogP contribution in [0.5, 0.6) is 0 Å². The third-order valence-corrected chi connectivity index (χ3v) is 9.80. The minimum absolute atomic E-state index is 0.0461. The van der Waals surface area contributed by atoms with Crippen molar-refractivity contribution < 1.29 is 27.2 Å². The van der Waals surface area contributed by atoms with Gasteiger partial charge < -0.3 is 9.80 Å². The number of quaternary nitrogens is 1. The number of nitrogens with zero attached hydrogens (tertiary/aromatic N) is 2. The molecule has 2 unspecified atom stereocenters. The second kappa shape index (κ2) is 15.4. The fourth-order valence-corrected chi connectivity index (χ4v) is 7.08. The number of thiophene rings is 1. The Morgan fingerprint density at radius 1 is 1.00 bits per heavy atom. The summed E-state index contributed by atoms with van der Waals surface area (Å²) in [7, 11) is -4.40. The summed E-state index contributed by atoms with van der Waals surface area (Å²) in [6.07, 6.45) is 7.86. The van der Waals surface area contributed by atoms with Crippen molar-refractivity contribution in [2.24, 2.45) is 0 Å². The highest BCUT2D eigenvalue weighted by Gasteiger charge is 2.42. The quantitative estimate of drug-likeness (QED) is 0.0865. The maximum atomic E-state index is 13.6. The molecule has 0 saturated heterocycles. The van der Waals surface area contributed by atoms with E-state index in [1.54, 1.807) is 12.1 Å². The summed E-state index contributed by atoms with van der Waals surface area (Å²) in [5.41, 5.74) is -0.00200. The van der Waals surface area contributed by atoms with Gasteiger partial charge in [-0.05, 0) is 37.5 Å². The largest absolute Gasteiger partial charge is 0.339 e. The van der Waals surface area contributed by atoms with E-state index in [0.717, 1.165) is 86.8 Å². The molecule has 0 saturated carbocycles. The number of nitro groups is 1. The first kappa shape index (κ1) is 32.9. The van der Waals surface area contributed by atoms with Crippen LogP contribution in [0.25, 0.3) is 0 Å². The zero-order chi connectivity index (χ0) is 29.1. The Labute approximate surface area is 237 Å². The molecule has 0 aliphatic carbocycles. The molecule has 11 heteroatoms. The summed E-state index contributed by atoms with van der Waals surface area (Å²) >= 11 is 0.964. The molecule has 1 heterocycles. The Morgan fingerprint density at radius 3 is 2.05 bits per heavy atom. The summed E-state index contributed by atoms with van der Waals surface area (Å²) in [6.45, 7) is 11.5. The number of nitro benzene ring substituents is 1. The highest BCUT2D eigenvalue weighted by atomic mass is 32.3. The van der Waals surface area contributed by atoms with Crippen LogP contribution in [0.3, 0.4) is 0 Å². The van der Waals surface area contributed by atoms with E-state index in [2.05, 4.69) is 33.0 Å². The molecule has 0 fully saturated rings. The summed E-state index contributed by atoms with van der Waals surface area (Å²) in [5, 5.41) is 14.5. The van der Waals surface area contributed by atoms with Crippen LogP contribution in [0.15, 0.2) is 40.6 Å². The lowest BCUT2D eigenvalue weighted by Crippen LogP contribution is -2.61. The van der Waals surface area contributed by atoms with Crippen LogP contribution in [0.1, 0.15) is 100 Å². The van der Waals surface area contributed by atoms with Gasteiger partial charge in [-0.2, -0.15) is 8.42 Å². The van der Waals surface area contributed by atoms with Crippen molar-refractivity contribution in [1.82, 2.24) is 5.32 Å².